The summed E-state index contributed by atoms with van der Waals surface area (Å²) < 4.78 is 5.59. The molecule has 0 amide bonds. The molecule has 0 radical (unpaired) electrons. The Morgan fingerprint density at radius 1 is 1.65 bits per heavy atom. The average Bonchev–Trinajstić information content (AvgIpc) is 2.82. The number of hydrogen-bond acceptors (Lipinski definition) is 4. The third-order valence-electron chi connectivity index (χ3n) is 2.81. The summed E-state index contributed by atoms with van der Waals surface area (Å²) in [4.78, 5) is 16.3. The van der Waals surface area contributed by atoms with E-state index in [0.29, 0.717) is 0 Å². The first-order chi connectivity index (χ1) is 8.08. The summed E-state index contributed by atoms with van der Waals surface area (Å²) in [5, 5.41) is 9.84. The van der Waals surface area contributed by atoms with Crippen LogP contribution in [0.5, 0.6) is 0 Å². The number of aliphatic carboxylic acids is 1. The molecule has 1 saturated heterocycles. The zero-order valence-electron chi connectivity index (χ0n) is 10.1. The Labute approximate surface area is 105 Å². The molecule has 1 atom stereocenters. The molecular formula is C12H17NO3S. The molecule has 2 rings (SSSR count). The monoisotopic (exact) mass is 255 g/mol. The lowest BCUT2D eigenvalue weighted by molar-refractivity contribution is -0.136. The fourth-order valence-electron chi connectivity index (χ4n) is 2.01. The lowest BCUT2D eigenvalue weighted by Crippen LogP contribution is -2.02. The maximum atomic E-state index is 10.8. The molecular weight excluding hydrogens is 238 g/mol. The second kappa shape index (κ2) is 5.14. The summed E-state index contributed by atoms with van der Waals surface area (Å²) >= 11 is 1.50. The van der Waals surface area contributed by atoms with Gasteiger partial charge in [0.15, 0.2) is 0 Å². The van der Waals surface area contributed by atoms with Gasteiger partial charge in [-0.15, -0.1) is 11.3 Å². The number of thiazole rings is 1. The zero-order valence-corrected chi connectivity index (χ0v) is 10.9. The zero-order chi connectivity index (χ0) is 12.4. The highest BCUT2D eigenvalue weighted by Gasteiger charge is 2.24. The number of carboxylic acids is 1. The van der Waals surface area contributed by atoms with Gasteiger partial charge >= 0.3 is 5.97 Å². The molecule has 0 saturated carbocycles. The number of carbonyl (C=O) groups is 1. The molecule has 17 heavy (non-hydrogen) atoms. The summed E-state index contributed by atoms with van der Waals surface area (Å²) in [6.07, 6.45) is 2.21. The van der Waals surface area contributed by atoms with E-state index in [2.05, 4.69) is 4.98 Å². The SMILES string of the molecule is CC(C)c1nc(C2CCCO2)sc1CC(=O)O. The van der Waals surface area contributed by atoms with Crippen molar-refractivity contribution in [1.29, 1.82) is 0 Å². The largest absolute Gasteiger partial charge is 0.481 e. The number of ether oxygens (including phenoxy) is 1. The van der Waals surface area contributed by atoms with E-state index in [-0.39, 0.29) is 18.4 Å². The van der Waals surface area contributed by atoms with Gasteiger partial charge in [0.1, 0.15) is 11.1 Å². The Hall–Kier alpha value is -0.940. The second-order valence-electron chi connectivity index (χ2n) is 4.59. The molecule has 94 valence electrons. The lowest BCUT2D eigenvalue weighted by Gasteiger charge is -2.04. The van der Waals surface area contributed by atoms with Crippen LogP contribution < -0.4 is 0 Å². The summed E-state index contributed by atoms with van der Waals surface area (Å²) in [6.45, 7) is 4.87. The van der Waals surface area contributed by atoms with Crippen molar-refractivity contribution in [3.63, 3.8) is 0 Å². The molecule has 1 fully saturated rings. The molecule has 4 nitrogen and oxygen atoms in total. The van der Waals surface area contributed by atoms with E-state index in [4.69, 9.17) is 9.84 Å². The fraction of sp³-hybridized carbons (Fsp3) is 0.667. The average molecular weight is 255 g/mol. The van der Waals surface area contributed by atoms with Gasteiger partial charge in [0.2, 0.25) is 0 Å². The summed E-state index contributed by atoms with van der Waals surface area (Å²) in [6, 6.07) is 0. The van der Waals surface area contributed by atoms with Crippen LogP contribution in [0.2, 0.25) is 0 Å². The van der Waals surface area contributed by atoms with Crippen molar-refractivity contribution < 1.29 is 14.6 Å². The minimum Gasteiger partial charge on any atom is -0.481 e. The second-order valence-corrected chi connectivity index (χ2v) is 5.70. The molecule has 0 aromatic carbocycles. The first-order valence-electron chi connectivity index (χ1n) is 5.90. The van der Waals surface area contributed by atoms with Crippen molar-refractivity contribution >= 4 is 17.3 Å². The molecule has 1 N–H and O–H groups in total. The molecule has 2 heterocycles. The highest BCUT2D eigenvalue weighted by Crippen LogP contribution is 2.35. The summed E-state index contributed by atoms with van der Waals surface area (Å²) in [7, 11) is 0. The van der Waals surface area contributed by atoms with Crippen molar-refractivity contribution in [2.45, 2.75) is 45.1 Å². The van der Waals surface area contributed by atoms with Crippen LogP contribution in [0, 0.1) is 0 Å². The van der Waals surface area contributed by atoms with Crippen LogP contribution in [-0.4, -0.2) is 22.7 Å². The Balaban J connectivity index is 2.26. The molecule has 0 bridgehead atoms. The highest BCUT2D eigenvalue weighted by molar-refractivity contribution is 7.11. The predicted octanol–water partition coefficient (Wildman–Crippen LogP) is 2.75. The number of hydrogen-bond donors (Lipinski definition) is 1. The van der Waals surface area contributed by atoms with E-state index in [1.54, 1.807) is 0 Å². The number of aromatic nitrogens is 1. The normalized spacial score (nSPS) is 20.1. The summed E-state index contributed by atoms with van der Waals surface area (Å²) in [5.41, 5.74) is 0.919. The van der Waals surface area contributed by atoms with E-state index in [1.165, 1.54) is 11.3 Å². The Kier molecular flexibility index (Phi) is 3.79. The lowest BCUT2D eigenvalue weighted by atomic mass is 10.1. The fourth-order valence-corrected chi connectivity index (χ4v) is 3.30. The number of rotatable bonds is 4. The Morgan fingerprint density at radius 2 is 2.41 bits per heavy atom. The van der Waals surface area contributed by atoms with E-state index in [9.17, 15) is 4.79 Å². The molecule has 0 spiro atoms. The minimum atomic E-state index is -0.797. The highest BCUT2D eigenvalue weighted by atomic mass is 32.1. The van der Waals surface area contributed by atoms with Gasteiger partial charge in [-0.25, -0.2) is 4.98 Å². The van der Waals surface area contributed by atoms with Crippen LogP contribution in [0.25, 0.3) is 0 Å². The van der Waals surface area contributed by atoms with E-state index in [0.717, 1.165) is 35.0 Å². The standard InChI is InChI=1S/C12H17NO3S/c1-7(2)11-9(6-10(14)15)17-12(13-11)8-4-3-5-16-8/h7-8H,3-6H2,1-2H3,(H,14,15). The third kappa shape index (κ3) is 2.84. The van der Waals surface area contributed by atoms with Gasteiger partial charge in [0, 0.05) is 11.5 Å². The van der Waals surface area contributed by atoms with Gasteiger partial charge in [-0.3, -0.25) is 4.79 Å². The van der Waals surface area contributed by atoms with Crippen molar-refractivity contribution in [1.82, 2.24) is 4.98 Å². The van der Waals surface area contributed by atoms with Gasteiger partial charge in [-0.1, -0.05) is 13.8 Å². The van der Waals surface area contributed by atoms with E-state index < -0.39 is 5.97 Å². The van der Waals surface area contributed by atoms with Crippen LogP contribution in [0.1, 0.15) is 54.3 Å². The molecule has 1 unspecified atom stereocenters. The van der Waals surface area contributed by atoms with Gasteiger partial charge in [0.05, 0.1) is 12.1 Å². The summed E-state index contributed by atoms with van der Waals surface area (Å²) in [5.74, 6) is -0.537. The van der Waals surface area contributed by atoms with Gasteiger partial charge in [-0.2, -0.15) is 0 Å². The smallest absolute Gasteiger partial charge is 0.308 e. The molecule has 1 aromatic rings. The van der Waals surface area contributed by atoms with Crippen LogP contribution in [0.15, 0.2) is 0 Å². The minimum absolute atomic E-state index is 0.0674. The Morgan fingerprint density at radius 3 is 2.94 bits per heavy atom. The molecule has 1 aliphatic heterocycles. The molecule has 0 aliphatic carbocycles. The van der Waals surface area contributed by atoms with Crippen LogP contribution >= 0.6 is 11.3 Å². The van der Waals surface area contributed by atoms with Crippen molar-refractivity contribution in [2.75, 3.05) is 6.61 Å². The van der Waals surface area contributed by atoms with Crippen molar-refractivity contribution in [2.24, 2.45) is 0 Å². The van der Waals surface area contributed by atoms with Crippen molar-refractivity contribution in [3.8, 4) is 0 Å². The number of carboxylic acid groups (broad SMARTS) is 1. The predicted molar refractivity (Wildman–Crippen MR) is 65.5 cm³/mol. The van der Waals surface area contributed by atoms with Gasteiger partial charge < -0.3 is 9.84 Å². The van der Waals surface area contributed by atoms with Crippen LogP contribution in [0.4, 0.5) is 0 Å². The topological polar surface area (TPSA) is 59.4 Å². The molecule has 5 heteroatoms. The third-order valence-corrected chi connectivity index (χ3v) is 3.97. The van der Waals surface area contributed by atoms with Crippen LogP contribution in [0.3, 0.4) is 0 Å². The quantitative estimate of drug-likeness (QED) is 0.898. The maximum absolute atomic E-state index is 10.8. The maximum Gasteiger partial charge on any atom is 0.308 e. The van der Waals surface area contributed by atoms with E-state index >= 15 is 0 Å². The first kappa shape index (κ1) is 12.5. The first-order valence-corrected chi connectivity index (χ1v) is 6.72. The molecule has 1 aromatic heterocycles. The number of nitrogens with zero attached hydrogens (tertiary/aromatic N) is 1. The van der Waals surface area contributed by atoms with Crippen LogP contribution in [-0.2, 0) is 16.0 Å². The van der Waals surface area contributed by atoms with Gasteiger partial charge in [-0.05, 0) is 18.8 Å². The Bertz CT molecular complexity index is 408. The van der Waals surface area contributed by atoms with E-state index in [1.807, 2.05) is 13.8 Å². The molecule has 1 aliphatic rings. The van der Waals surface area contributed by atoms with Crippen molar-refractivity contribution in [3.05, 3.63) is 15.6 Å². The van der Waals surface area contributed by atoms with Gasteiger partial charge in [0.25, 0.3) is 0 Å².